The lowest BCUT2D eigenvalue weighted by atomic mass is 10.2. The molecule has 0 aliphatic rings. The van der Waals surface area contributed by atoms with Crippen LogP contribution in [0.4, 0.5) is 0 Å². The van der Waals surface area contributed by atoms with Gasteiger partial charge in [0, 0.05) is 18.1 Å². The molecule has 0 saturated carbocycles. The third-order valence-corrected chi connectivity index (χ3v) is 3.34. The number of aromatic nitrogens is 2. The van der Waals surface area contributed by atoms with Crippen LogP contribution in [0.3, 0.4) is 0 Å². The number of alkyl halides is 1. The SMILES string of the molecule is CCOc1cc(CCl)ccc1OCc1ccn(C(C)C)n1. The molecule has 0 radical (unpaired) electrons. The van der Waals surface area contributed by atoms with Crippen molar-refractivity contribution in [1.82, 2.24) is 9.78 Å². The first kappa shape index (κ1) is 15.7. The highest BCUT2D eigenvalue weighted by molar-refractivity contribution is 6.17. The van der Waals surface area contributed by atoms with Gasteiger partial charge in [0.05, 0.1) is 12.3 Å². The molecule has 4 nitrogen and oxygen atoms in total. The van der Waals surface area contributed by atoms with Gasteiger partial charge in [0.1, 0.15) is 6.61 Å². The highest BCUT2D eigenvalue weighted by Crippen LogP contribution is 2.29. The van der Waals surface area contributed by atoms with Crippen molar-refractivity contribution < 1.29 is 9.47 Å². The summed E-state index contributed by atoms with van der Waals surface area (Å²) in [5.41, 5.74) is 1.91. The van der Waals surface area contributed by atoms with Crippen molar-refractivity contribution in [2.75, 3.05) is 6.61 Å². The van der Waals surface area contributed by atoms with E-state index >= 15 is 0 Å². The van der Waals surface area contributed by atoms with E-state index in [0.29, 0.717) is 30.9 Å². The van der Waals surface area contributed by atoms with Gasteiger partial charge >= 0.3 is 0 Å². The molecule has 5 heteroatoms. The fraction of sp³-hybridized carbons (Fsp3) is 0.438. The molecule has 1 aromatic carbocycles. The van der Waals surface area contributed by atoms with E-state index in [1.54, 1.807) is 0 Å². The Morgan fingerprint density at radius 2 is 2.00 bits per heavy atom. The van der Waals surface area contributed by atoms with E-state index in [4.69, 9.17) is 21.1 Å². The summed E-state index contributed by atoms with van der Waals surface area (Å²) in [6.45, 7) is 7.14. The standard InChI is InChI=1S/C16H21ClN2O2/c1-4-20-16-9-13(10-17)5-6-15(16)21-11-14-7-8-19(18-14)12(2)3/h5-9,12H,4,10-11H2,1-3H3. The summed E-state index contributed by atoms with van der Waals surface area (Å²) in [6.07, 6.45) is 1.96. The predicted molar refractivity (Wildman–Crippen MR) is 84.1 cm³/mol. The maximum atomic E-state index is 5.85. The third-order valence-electron chi connectivity index (χ3n) is 3.03. The molecule has 0 aliphatic heterocycles. The first-order valence-electron chi connectivity index (χ1n) is 7.12. The fourth-order valence-corrected chi connectivity index (χ4v) is 2.08. The van der Waals surface area contributed by atoms with Crippen molar-refractivity contribution in [2.45, 2.75) is 39.3 Å². The molecular weight excluding hydrogens is 288 g/mol. The summed E-state index contributed by atoms with van der Waals surface area (Å²) in [5.74, 6) is 1.89. The lowest BCUT2D eigenvalue weighted by Crippen LogP contribution is -2.04. The van der Waals surface area contributed by atoms with Crippen molar-refractivity contribution in [3.05, 3.63) is 41.7 Å². The summed E-state index contributed by atoms with van der Waals surface area (Å²) < 4.78 is 13.3. The van der Waals surface area contributed by atoms with Gasteiger partial charge in [0.15, 0.2) is 11.5 Å². The van der Waals surface area contributed by atoms with E-state index in [-0.39, 0.29) is 0 Å². The van der Waals surface area contributed by atoms with Crippen molar-refractivity contribution >= 4 is 11.6 Å². The molecule has 0 spiro atoms. The Bertz CT molecular complexity index is 581. The van der Waals surface area contributed by atoms with Crippen LogP contribution in [-0.2, 0) is 12.5 Å². The minimum absolute atomic E-state index is 0.348. The maximum absolute atomic E-state index is 5.85. The Kier molecular flexibility index (Phi) is 5.51. The quantitative estimate of drug-likeness (QED) is 0.720. The average Bonchev–Trinajstić information content (AvgIpc) is 2.95. The number of halogens is 1. The third kappa shape index (κ3) is 4.14. The van der Waals surface area contributed by atoms with Crippen LogP contribution in [0.15, 0.2) is 30.5 Å². The Morgan fingerprint density at radius 1 is 1.19 bits per heavy atom. The van der Waals surface area contributed by atoms with Gasteiger partial charge in [-0.1, -0.05) is 6.07 Å². The molecule has 0 bridgehead atoms. The molecule has 2 aromatic rings. The molecule has 114 valence electrons. The zero-order chi connectivity index (χ0) is 15.2. The molecule has 0 amide bonds. The van der Waals surface area contributed by atoms with Crippen LogP contribution in [0, 0.1) is 0 Å². The molecule has 2 rings (SSSR count). The van der Waals surface area contributed by atoms with E-state index in [1.807, 2.05) is 42.1 Å². The van der Waals surface area contributed by atoms with E-state index in [1.165, 1.54) is 0 Å². The summed E-state index contributed by atoms with van der Waals surface area (Å²) in [4.78, 5) is 0. The van der Waals surface area contributed by atoms with Crippen LogP contribution in [0.5, 0.6) is 11.5 Å². The van der Waals surface area contributed by atoms with Crippen molar-refractivity contribution in [3.63, 3.8) is 0 Å². The molecule has 1 aromatic heterocycles. The maximum Gasteiger partial charge on any atom is 0.161 e. The van der Waals surface area contributed by atoms with Crippen LogP contribution >= 0.6 is 11.6 Å². The van der Waals surface area contributed by atoms with Gasteiger partial charge in [0.25, 0.3) is 0 Å². The molecule has 0 saturated heterocycles. The Morgan fingerprint density at radius 3 is 2.62 bits per heavy atom. The largest absolute Gasteiger partial charge is 0.490 e. The number of ether oxygens (including phenoxy) is 2. The predicted octanol–water partition coefficient (Wildman–Crippen LogP) is 4.18. The van der Waals surface area contributed by atoms with Crippen LogP contribution in [0.1, 0.15) is 38.1 Å². The molecule has 0 unspecified atom stereocenters. The van der Waals surface area contributed by atoms with E-state index in [9.17, 15) is 0 Å². The second-order valence-electron chi connectivity index (χ2n) is 5.02. The molecule has 21 heavy (non-hydrogen) atoms. The first-order valence-corrected chi connectivity index (χ1v) is 7.66. The molecule has 1 heterocycles. The second-order valence-corrected chi connectivity index (χ2v) is 5.28. The number of benzene rings is 1. The summed E-state index contributed by atoms with van der Waals surface area (Å²) >= 11 is 5.85. The molecule has 0 fully saturated rings. The van der Waals surface area contributed by atoms with E-state index in [0.717, 1.165) is 17.0 Å². The summed E-state index contributed by atoms with van der Waals surface area (Å²) in [5, 5.41) is 4.46. The van der Waals surface area contributed by atoms with Gasteiger partial charge in [-0.05, 0) is 44.5 Å². The first-order chi connectivity index (χ1) is 10.1. The van der Waals surface area contributed by atoms with E-state index in [2.05, 4.69) is 18.9 Å². The number of rotatable bonds is 7. The minimum Gasteiger partial charge on any atom is -0.490 e. The highest BCUT2D eigenvalue weighted by Gasteiger charge is 2.08. The Labute approximate surface area is 130 Å². The van der Waals surface area contributed by atoms with Gasteiger partial charge in [-0.25, -0.2) is 0 Å². The van der Waals surface area contributed by atoms with Crippen molar-refractivity contribution in [2.24, 2.45) is 0 Å². The van der Waals surface area contributed by atoms with Gasteiger partial charge in [-0.15, -0.1) is 11.6 Å². The van der Waals surface area contributed by atoms with Gasteiger partial charge in [-0.2, -0.15) is 5.10 Å². The molecule has 0 N–H and O–H groups in total. The van der Waals surface area contributed by atoms with Crippen LogP contribution in [0.25, 0.3) is 0 Å². The molecule has 0 atom stereocenters. The number of nitrogens with zero attached hydrogens (tertiary/aromatic N) is 2. The lowest BCUT2D eigenvalue weighted by molar-refractivity contribution is 0.265. The highest BCUT2D eigenvalue weighted by atomic mass is 35.5. The summed E-state index contributed by atoms with van der Waals surface area (Å²) in [6, 6.07) is 8.06. The fourth-order valence-electron chi connectivity index (χ4n) is 1.92. The zero-order valence-electron chi connectivity index (χ0n) is 12.7. The average molecular weight is 309 g/mol. The van der Waals surface area contributed by atoms with Gasteiger partial charge < -0.3 is 9.47 Å². The monoisotopic (exact) mass is 308 g/mol. The smallest absolute Gasteiger partial charge is 0.161 e. The number of hydrogen-bond donors (Lipinski definition) is 0. The zero-order valence-corrected chi connectivity index (χ0v) is 13.4. The van der Waals surface area contributed by atoms with Gasteiger partial charge in [0.2, 0.25) is 0 Å². The normalized spacial score (nSPS) is 10.9. The van der Waals surface area contributed by atoms with Crippen molar-refractivity contribution in [3.8, 4) is 11.5 Å². The second kappa shape index (κ2) is 7.36. The van der Waals surface area contributed by atoms with Crippen LogP contribution in [-0.4, -0.2) is 16.4 Å². The lowest BCUT2D eigenvalue weighted by Gasteiger charge is -2.12. The van der Waals surface area contributed by atoms with Crippen molar-refractivity contribution in [1.29, 1.82) is 0 Å². The Balaban J connectivity index is 2.07. The van der Waals surface area contributed by atoms with E-state index < -0.39 is 0 Å². The topological polar surface area (TPSA) is 36.3 Å². The minimum atomic E-state index is 0.348. The molecular formula is C16H21ClN2O2. The number of hydrogen-bond acceptors (Lipinski definition) is 3. The van der Waals surface area contributed by atoms with Crippen LogP contribution < -0.4 is 9.47 Å². The summed E-state index contributed by atoms with van der Waals surface area (Å²) in [7, 11) is 0. The van der Waals surface area contributed by atoms with Crippen LogP contribution in [0.2, 0.25) is 0 Å². The van der Waals surface area contributed by atoms with Gasteiger partial charge in [-0.3, -0.25) is 4.68 Å². The molecule has 0 aliphatic carbocycles. The Hall–Kier alpha value is -1.68.